The molecule has 5 nitrogen and oxygen atoms in total. The van der Waals surface area contributed by atoms with Crippen molar-refractivity contribution in [1.82, 2.24) is 9.47 Å². The first-order chi connectivity index (χ1) is 12.0. The molecule has 1 saturated carbocycles. The molecule has 1 N–H and O–H groups in total. The standard InChI is InChI=1S/C20H23N3O2/c1-14-9-12-22(2)18(24)16(14)21-19(25)23-13-20(10-6-11-20)17(23)15-7-4-3-5-8-15/h3-5,7-9,12,17H,6,10-11,13H2,1-2H3,(H,21,25)/t17-/m0/s1. The Hall–Kier alpha value is -2.56. The number of nitrogens with zero attached hydrogens (tertiary/aromatic N) is 2. The molecule has 2 heterocycles. The van der Waals surface area contributed by atoms with Gasteiger partial charge in [0.2, 0.25) is 0 Å². The molecule has 2 fully saturated rings. The molecule has 25 heavy (non-hydrogen) atoms. The second-order valence-corrected chi connectivity index (χ2v) is 7.38. The summed E-state index contributed by atoms with van der Waals surface area (Å²) in [6.45, 7) is 2.61. The summed E-state index contributed by atoms with van der Waals surface area (Å²) in [4.78, 5) is 27.1. The van der Waals surface area contributed by atoms with Crippen LogP contribution in [0.5, 0.6) is 0 Å². The first-order valence-electron chi connectivity index (χ1n) is 8.81. The Kier molecular flexibility index (Phi) is 3.67. The van der Waals surface area contributed by atoms with E-state index >= 15 is 0 Å². The summed E-state index contributed by atoms with van der Waals surface area (Å²) in [6.07, 6.45) is 5.29. The largest absolute Gasteiger partial charge is 0.322 e. The van der Waals surface area contributed by atoms with E-state index in [-0.39, 0.29) is 23.0 Å². The summed E-state index contributed by atoms with van der Waals surface area (Å²) in [7, 11) is 1.69. The number of hydrogen-bond acceptors (Lipinski definition) is 2. The van der Waals surface area contributed by atoms with Crippen LogP contribution in [0.4, 0.5) is 10.5 Å². The van der Waals surface area contributed by atoms with E-state index in [1.807, 2.05) is 36.1 Å². The van der Waals surface area contributed by atoms with E-state index in [9.17, 15) is 9.59 Å². The van der Waals surface area contributed by atoms with Crippen LogP contribution in [0.15, 0.2) is 47.4 Å². The van der Waals surface area contributed by atoms with Gasteiger partial charge in [-0.05, 0) is 37.0 Å². The minimum Gasteiger partial charge on any atom is -0.317 e. The molecule has 1 saturated heterocycles. The smallest absolute Gasteiger partial charge is 0.317 e. The SMILES string of the molecule is Cc1ccn(C)c(=O)c1NC(=O)N1CC2(CCC2)[C@@H]1c1ccccc1. The molecule has 5 heteroatoms. The molecule has 130 valence electrons. The zero-order valence-corrected chi connectivity index (χ0v) is 14.7. The molecule has 2 amide bonds. The van der Waals surface area contributed by atoms with Crippen LogP contribution < -0.4 is 10.9 Å². The van der Waals surface area contributed by atoms with Crippen LogP contribution in [0.3, 0.4) is 0 Å². The number of pyridine rings is 1. The number of aromatic nitrogens is 1. The number of rotatable bonds is 2. The summed E-state index contributed by atoms with van der Waals surface area (Å²) in [5.41, 5.74) is 2.39. The fraction of sp³-hybridized carbons (Fsp3) is 0.400. The normalized spacial score (nSPS) is 20.7. The van der Waals surface area contributed by atoms with Gasteiger partial charge in [0.15, 0.2) is 0 Å². The summed E-state index contributed by atoms with van der Waals surface area (Å²) in [5, 5.41) is 2.86. The third-order valence-corrected chi connectivity index (χ3v) is 5.81. The quantitative estimate of drug-likeness (QED) is 0.912. The Labute approximate surface area is 147 Å². The van der Waals surface area contributed by atoms with E-state index in [0.29, 0.717) is 5.69 Å². The predicted molar refractivity (Wildman–Crippen MR) is 97.6 cm³/mol. The van der Waals surface area contributed by atoms with Crippen molar-refractivity contribution in [3.63, 3.8) is 0 Å². The highest BCUT2D eigenvalue weighted by Crippen LogP contribution is 2.60. The highest BCUT2D eigenvalue weighted by Gasteiger charge is 2.58. The fourth-order valence-corrected chi connectivity index (χ4v) is 4.21. The summed E-state index contributed by atoms with van der Waals surface area (Å²) < 4.78 is 1.49. The van der Waals surface area contributed by atoms with Crippen molar-refractivity contribution < 1.29 is 4.79 Å². The highest BCUT2D eigenvalue weighted by atomic mass is 16.2. The second-order valence-electron chi connectivity index (χ2n) is 7.38. The van der Waals surface area contributed by atoms with E-state index in [2.05, 4.69) is 17.4 Å². The lowest BCUT2D eigenvalue weighted by molar-refractivity contribution is -0.0970. The van der Waals surface area contributed by atoms with Gasteiger partial charge in [-0.1, -0.05) is 36.8 Å². The van der Waals surface area contributed by atoms with Crippen molar-refractivity contribution in [1.29, 1.82) is 0 Å². The third-order valence-electron chi connectivity index (χ3n) is 5.81. The molecule has 2 aliphatic rings. The van der Waals surface area contributed by atoms with E-state index in [4.69, 9.17) is 0 Å². The monoisotopic (exact) mass is 337 g/mol. The van der Waals surface area contributed by atoms with Gasteiger partial charge >= 0.3 is 6.03 Å². The summed E-state index contributed by atoms with van der Waals surface area (Å²) in [6, 6.07) is 12.0. The lowest BCUT2D eigenvalue weighted by atomic mass is 9.56. The minimum absolute atomic E-state index is 0.107. The third kappa shape index (κ3) is 2.46. The van der Waals surface area contributed by atoms with E-state index in [1.165, 1.54) is 29.4 Å². The number of hydrogen-bond donors (Lipinski definition) is 1. The molecule has 1 spiro atoms. The van der Waals surface area contributed by atoms with Crippen molar-refractivity contribution >= 4 is 11.7 Å². The Bertz CT molecular complexity index is 868. The Balaban J connectivity index is 1.61. The number of urea groups is 1. The average Bonchev–Trinajstić information content (AvgIpc) is 2.54. The summed E-state index contributed by atoms with van der Waals surface area (Å²) >= 11 is 0. The minimum atomic E-state index is -0.183. The van der Waals surface area contributed by atoms with Crippen LogP contribution in [0.25, 0.3) is 0 Å². The van der Waals surface area contributed by atoms with E-state index in [1.54, 1.807) is 13.2 Å². The number of aryl methyl sites for hydroxylation is 2. The lowest BCUT2D eigenvalue weighted by Crippen LogP contribution is -2.64. The number of amides is 2. The van der Waals surface area contributed by atoms with Gasteiger partial charge in [-0.2, -0.15) is 0 Å². The molecule has 1 aliphatic carbocycles. The molecule has 2 aromatic rings. The van der Waals surface area contributed by atoms with E-state index in [0.717, 1.165) is 12.1 Å². The van der Waals surface area contributed by atoms with Crippen LogP contribution >= 0.6 is 0 Å². The van der Waals surface area contributed by atoms with Crippen molar-refractivity contribution in [2.75, 3.05) is 11.9 Å². The number of benzene rings is 1. The average molecular weight is 337 g/mol. The molecule has 1 aromatic carbocycles. The van der Waals surface area contributed by atoms with Gasteiger partial charge in [-0.25, -0.2) is 4.79 Å². The number of carbonyl (C=O) groups is 1. The lowest BCUT2D eigenvalue weighted by Gasteiger charge is -2.62. The first-order valence-corrected chi connectivity index (χ1v) is 8.81. The van der Waals surface area contributed by atoms with Crippen LogP contribution in [-0.2, 0) is 7.05 Å². The van der Waals surface area contributed by atoms with Gasteiger partial charge in [0, 0.05) is 25.2 Å². The van der Waals surface area contributed by atoms with Crippen molar-refractivity contribution in [2.45, 2.75) is 32.2 Å². The number of carbonyl (C=O) groups excluding carboxylic acids is 1. The van der Waals surface area contributed by atoms with Gasteiger partial charge in [-0.15, -0.1) is 0 Å². The number of nitrogens with one attached hydrogen (secondary N) is 1. The molecule has 1 aliphatic heterocycles. The van der Waals surface area contributed by atoms with Crippen LogP contribution in [0.1, 0.15) is 36.4 Å². The highest BCUT2D eigenvalue weighted by molar-refractivity contribution is 5.91. The predicted octanol–water partition coefficient (Wildman–Crippen LogP) is 3.45. The van der Waals surface area contributed by atoms with Gasteiger partial charge in [-0.3, -0.25) is 4.79 Å². The number of likely N-dealkylation sites (tertiary alicyclic amines) is 1. The molecular formula is C20H23N3O2. The van der Waals surface area contributed by atoms with Crippen molar-refractivity contribution in [2.24, 2.45) is 12.5 Å². The molecule has 0 radical (unpaired) electrons. The van der Waals surface area contributed by atoms with Gasteiger partial charge in [0.05, 0.1) is 6.04 Å². The van der Waals surface area contributed by atoms with Crippen LogP contribution in [-0.4, -0.2) is 22.0 Å². The van der Waals surface area contributed by atoms with Crippen LogP contribution in [0, 0.1) is 12.3 Å². The number of anilines is 1. The molecule has 1 aromatic heterocycles. The second kappa shape index (κ2) is 5.76. The van der Waals surface area contributed by atoms with Gasteiger partial charge in [0.25, 0.3) is 5.56 Å². The maximum atomic E-state index is 12.9. The molecule has 0 bridgehead atoms. The molecule has 4 rings (SSSR count). The Morgan fingerprint density at radius 2 is 1.92 bits per heavy atom. The summed E-state index contributed by atoms with van der Waals surface area (Å²) in [5.74, 6) is 0. The molecular weight excluding hydrogens is 314 g/mol. The van der Waals surface area contributed by atoms with Crippen LogP contribution in [0.2, 0.25) is 0 Å². The Morgan fingerprint density at radius 3 is 2.56 bits per heavy atom. The van der Waals surface area contributed by atoms with Crippen molar-refractivity contribution in [3.8, 4) is 0 Å². The molecule has 0 unspecified atom stereocenters. The topological polar surface area (TPSA) is 54.3 Å². The molecule has 1 atom stereocenters. The van der Waals surface area contributed by atoms with Crippen molar-refractivity contribution in [3.05, 3.63) is 64.1 Å². The Morgan fingerprint density at radius 1 is 1.20 bits per heavy atom. The first kappa shape index (κ1) is 15.9. The maximum Gasteiger partial charge on any atom is 0.322 e. The van der Waals surface area contributed by atoms with Gasteiger partial charge in [0.1, 0.15) is 5.69 Å². The van der Waals surface area contributed by atoms with E-state index < -0.39 is 0 Å². The maximum absolute atomic E-state index is 12.9. The van der Waals surface area contributed by atoms with Gasteiger partial charge < -0.3 is 14.8 Å². The zero-order chi connectivity index (χ0) is 17.6. The zero-order valence-electron chi connectivity index (χ0n) is 14.7. The fourth-order valence-electron chi connectivity index (χ4n) is 4.21.